The Morgan fingerprint density at radius 2 is 1.66 bits per heavy atom. The molecule has 18 heteroatoms. The van der Waals surface area contributed by atoms with Crippen LogP contribution < -0.4 is 20.7 Å². The number of aromatic hydroxyl groups is 1. The predicted molar refractivity (Wildman–Crippen MR) is 250 cm³/mol. The van der Waals surface area contributed by atoms with Crippen LogP contribution in [0.3, 0.4) is 0 Å². The Bertz CT molecular complexity index is 3070. The summed E-state index contributed by atoms with van der Waals surface area (Å²) in [5.41, 5.74) is 1.04. The van der Waals surface area contributed by atoms with E-state index in [1.54, 1.807) is 62.4 Å². The number of esters is 1. The van der Waals surface area contributed by atoms with E-state index in [0.717, 1.165) is 11.1 Å². The lowest BCUT2D eigenvalue weighted by molar-refractivity contribution is -0.164. The maximum absolute atomic E-state index is 14.7. The number of nitrogens with one attached hydrogen (secondary N) is 4. The summed E-state index contributed by atoms with van der Waals surface area (Å²) in [5.74, 6) is -2.88. The molecule has 4 aromatic carbocycles. The number of rotatable bonds is 10. The molecular weight excluding hydrogens is 915 g/mol. The van der Waals surface area contributed by atoms with E-state index in [-0.39, 0.29) is 63.6 Å². The summed E-state index contributed by atoms with van der Waals surface area (Å²) >= 11 is 13.7. The van der Waals surface area contributed by atoms with Gasteiger partial charge in [0.25, 0.3) is 12.2 Å². The number of alkyl carbamates (subject to hydrolysis) is 1. The molecule has 350 valence electrons. The molecule has 1 spiro atoms. The molecule has 3 unspecified atom stereocenters. The summed E-state index contributed by atoms with van der Waals surface area (Å²) in [4.78, 5) is 67.9. The number of H-pyrrole nitrogens is 1. The highest BCUT2D eigenvalue weighted by atomic mass is 35.5. The number of para-hydroxylation sites is 2. The molecule has 9 rings (SSSR count). The molecule has 0 fully saturated rings. The molecule has 0 radical (unpaired) electrons. The van der Waals surface area contributed by atoms with Gasteiger partial charge in [0.1, 0.15) is 41.4 Å². The summed E-state index contributed by atoms with van der Waals surface area (Å²) in [6.45, 7) is 8.39. The molecule has 5 N–H and O–H groups in total. The number of ether oxygens (including phenoxy) is 3. The van der Waals surface area contributed by atoms with Crippen molar-refractivity contribution in [3.8, 4) is 34.4 Å². The summed E-state index contributed by atoms with van der Waals surface area (Å²) < 4.78 is 31.4. The first-order chi connectivity index (χ1) is 32.6. The molecule has 68 heavy (non-hydrogen) atoms. The van der Waals surface area contributed by atoms with Crippen LogP contribution in [0.1, 0.15) is 74.6 Å². The number of fused-ring (bicyclic) bond motifs is 9. The van der Waals surface area contributed by atoms with Gasteiger partial charge in [-0.1, -0.05) is 130 Å². The maximum atomic E-state index is 14.7. The predicted octanol–water partition coefficient (Wildman–Crippen LogP) is 8.91. The molecule has 3 amide bonds. The second-order valence-corrected chi connectivity index (χ2v) is 18.1. The number of aromatic nitrogens is 3. The van der Waals surface area contributed by atoms with Gasteiger partial charge in [-0.3, -0.25) is 14.4 Å². The minimum absolute atomic E-state index is 0.0217. The largest absolute Gasteiger partial charge is 0.508 e. The number of halogens is 2. The lowest BCUT2D eigenvalue weighted by Gasteiger charge is -2.34. The topological polar surface area (TPSA) is 220 Å². The van der Waals surface area contributed by atoms with Crippen LogP contribution in [0.5, 0.6) is 11.5 Å². The molecule has 0 aliphatic carbocycles. The summed E-state index contributed by atoms with van der Waals surface area (Å²) in [5, 5.41) is 21.6. The lowest BCUT2D eigenvalue weighted by atomic mass is 9.71. The first kappa shape index (κ1) is 45.8. The number of nitrogens with zero attached hydrogens (tertiary/aromatic N) is 2. The number of carbonyl (C=O) groups is 4. The average Bonchev–Trinajstić information content (AvgIpc) is 4.07. The fraction of sp³-hybridized carbons (Fsp3) is 0.280. The number of benzene rings is 4. The van der Waals surface area contributed by atoms with E-state index in [1.165, 1.54) is 13.0 Å². The van der Waals surface area contributed by atoms with Gasteiger partial charge in [0.05, 0.1) is 5.56 Å². The van der Waals surface area contributed by atoms with Crippen LogP contribution in [0.2, 0.25) is 10.3 Å². The number of carbonyl (C=O) groups excluding carboxylic acids is 4. The molecule has 2 aliphatic rings. The Hall–Kier alpha value is -7.30. The molecule has 4 bridgehead atoms. The second kappa shape index (κ2) is 18.4. The highest BCUT2D eigenvalue weighted by molar-refractivity contribution is 6.37. The van der Waals surface area contributed by atoms with Gasteiger partial charge in [-0.2, -0.15) is 4.98 Å². The lowest BCUT2D eigenvalue weighted by Crippen LogP contribution is -2.56. The van der Waals surface area contributed by atoms with Crippen LogP contribution in [0, 0.1) is 11.8 Å². The van der Waals surface area contributed by atoms with Crippen molar-refractivity contribution in [3.63, 3.8) is 0 Å². The van der Waals surface area contributed by atoms with Crippen molar-refractivity contribution < 1.29 is 47.3 Å². The minimum atomic E-state index is -1.85. The zero-order valence-corrected chi connectivity index (χ0v) is 38.9. The molecule has 7 aromatic rings. The van der Waals surface area contributed by atoms with Crippen LogP contribution in [0.15, 0.2) is 106 Å². The second-order valence-electron chi connectivity index (χ2n) is 17.4. The van der Waals surface area contributed by atoms with Gasteiger partial charge in [0, 0.05) is 35.4 Å². The highest BCUT2D eigenvalue weighted by Crippen LogP contribution is 2.57. The molecule has 3 aromatic heterocycles. The molecule has 5 atom stereocenters. The fourth-order valence-electron chi connectivity index (χ4n) is 8.81. The van der Waals surface area contributed by atoms with E-state index in [1.807, 2.05) is 56.3 Å². The van der Waals surface area contributed by atoms with Gasteiger partial charge >= 0.3 is 12.1 Å². The van der Waals surface area contributed by atoms with E-state index >= 15 is 0 Å². The Morgan fingerprint density at radius 1 is 0.926 bits per heavy atom. The number of aromatic amines is 1. The average molecular weight is 962 g/mol. The van der Waals surface area contributed by atoms with Gasteiger partial charge < -0.3 is 49.1 Å². The van der Waals surface area contributed by atoms with Crippen molar-refractivity contribution in [2.45, 2.75) is 77.5 Å². The van der Waals surface area contributed by atoms with Gasteiger partial charge in [0.2, 0.25) is 17.7 Å². The molecule has 16 nitrogen and oxygen atoms in total. The first-order valence-electron chi connectivity index (χ1n) is 21.9. The van der Waals surface area contributed by atoms with Crippen LogP contribution in [-0.2, 0) is 42.3 Å². The van der Waals surface area contributed by atoms with Crippen LogP contribution in [-0.4, -0.2) is 62.3 Å². The van der Waals surface area contributed by atoms with Crippen LogP contribution in [0.4, 0.5) is 4.79 Å². The number of hydrogen-bond acceptors (Lipinski definition) is 12. The quantitative estimate of drug-likeness (QED) is 0.0812. The van der Waals surface area contributed by atoms with Crippen molar-refractivity contribution in [1.29, 1.82) is 0 Å². The first-order valence-corrected chi connectivity index (χ1v) is 22.7. The van der Waals surface area contributed by atoms with E-state index in [0.29, 0.717) is 27.8 Å². The van der Waals surface area contributed by atoms with Crippen molar-refractivity contribution >= 4 is 58.0 Å². The number of phenols is 1. The van der Waals surface area contributed by atoms with Gasteiger partial charge in [-0.05, 0) is 41.2 Å². The minimum Gasteiger partial charge on any atom is -0.508 e. The van der Waals surface area contributed by atoms with E-state index in [2.05, 4.69) is 25.9 Å². The molecular formula is C50H46Cl2N6O10. The zero-order chi connectivity index (χ0) is 48.0. The summed E-state index contributed by atoms with van der Waals surface area (Å²) in [7, 11) is 0. The zero-order valence-electron chi connectivity index (χ0n) is 37.4. The fourth-order valence-corrected chi connectivity index (χ4v) is 9.31. The van der Waals surface area contributed by atoms with Crippen molar-refractivity contribution in [3.05, 3.63) is 141 Å². The Kier molecular flexibility index (Phi) is 12.4. The normalized spacial score (nSPS) is 19.1. The maximum Gasteiger partial charge on any atom is 0.408 e. The van der Waals surface area contributed by atoms with E-state index < -0.39 is 65.5 Å². The van der Waals surface area contributed by atoms with Crippen molar-refractivity contribution in [2.24, 2.45) is 11.8 Å². The molecule has 0 saturated heterocycles. The third-order valence-electron chi connectivity index (χ3n) is 12.1. The standard InChI is InChI=1S/C50H46Cl2N6O10/c1-24(2)37(57-49(63)64-23-27-13-7-6-8-14-27)45(62)54-33-22-28-19-20-34(60)31(21-28)50(30-16-10-12-18-35(30)66-48(50)65-26(5)59)41-39(56-46(68-41)38(25(3)4)55-44(33)61)47-58-43(52)40(67-47)36-29-15-9-11-17-32(29)53-42(36)51/h6-21,24-25,33,37-38,48,53,60H,22-23H2,1-5H3,(H,54,62)(H,55,61)(H,57,63)/t33-,37?,38-,48?,50?/m0/s1. The Balaban J connectivity index is 1.20. The molecule has 5 heterocycles. The summed E-state index contributed by atoms with van der Waals surface area (Å²) in [6.07, 6.45) is -2.46. The molecule has 0 saturated carbocycles. The van der Waals surface area contributed by atoms with Crippen molar-refractivity contribution in [1.82, 2.24) is 30.9 Å². The van der Waals surface area contributed by atoms with Gasteiger partial charge in [-0.25, -0.2) is 9.78 Å². The van der Waals surface area contributed by atoms with Crippen molar-refractivity contribution in [2.75, 3.05) is 0 Å². The SMILES string of the molecule is CC(=O)OC1Oc2ccccc2C12c1cc(ccc1O)C[C@H](NC(=O)C(NC(=O)OCc1ccccc1)C(C)C)C(=O)N[C@@H](C(C)C)c1nc(-c3nc(Cl)c(-c4c(Cl)[nH]c5ccccc45)o3)c2o1. The van der Waals surface area contributed by atoms with Gasteiger partial charge in [0.15, 0.2) is 27.8 Å². The van der Waals surface area contributed by atoms with Crippen LogP contribution in [0.25, 0.3) is 33.8 Å². The van der Waals surface area contributed by atoms with E-state index in [9.17, 15) is 24.3 Å². The van der Waals surface area contributed by atoms with Gasteiger partial charge in [-0.15, -0.1) is 0 Å². The van der Waals surface area contributed by atoms with E-state index in [4.69, 9.17) is 51.2 Å². The Morgan fingerprint density at radius 3 is 2.41 bits per heavy atom. The monoisotopic (exact) mass is 960 g/mol. The number of hydrogen-bond donors (Lipinski definition) is 5. The highest BCUT2D eigenvalue weighted by Gasteiger charge is 2.60. The van der Waals surface area contributed by atoms with Crippen LogP contribution >= 0.6 is 23.2 Å². The number of phenolic OH excluding ortho intramolecular Hbond substituents is 1. The Labute approximate surface area is 399 Å². The number of amides is 3. The third-order valence-corrected chi connectivity index (χ3v) is 12.6. The number of oxazole rings is 2. The third kappa shape index (κ3) is 8.38. The smallest absolute Gasteiger partial charge is 0.408 e. The summed E-state index contributed by atoms with van der Waals surface area (Å²) in [6, 6.07) is 24.7. The molecule has 2 aliphatic heterocycles.